The molecule has 0 saturated heterocycles. The number of amides is 2. The van der Waals surface area contributed by atoms with E-state index in [1.807, 2.05) is 5.32 Å². The van der Waals surface area contributed by atoms with Crippen molar-refractivity contribution in [1.82, 2.24) is 14.3 Å². The van der Waals surface area contributed by atoms with E-state index in [4.69, 9.17) is 11.6 Å². The van der Waals surface area contributed by atoms with Gasteiger partial charge < -0.3 is 15.6 Å². The molecule has 0 bridgehead atoms. The molecule has 2 aromatic carbocycles. The Morgan fingerprint density at radius 3 is 2.38 bits per heavy atom. The molecule has 0 unspecified atom stereocenters. The van der Waals surface area contributed by atoms with Gasteiger partial charge in [0.1, 0.15) is 15.7 Å². The lowest BCUT2D eigenvalue weighted by molar-refractivity contribution is -0.137. The highest BCUT2D eigenvalue weighted by Crippen LogP contribution is 2.37. The molecule has 4 rings (SSSR count). The van der Waals surface area contributed by atoms with Crippen molar-refractivity contribution >= 4 is 61.3 Å². The van der Waals surface area contributed by atoms with E-state index in [1.54, 1.807) is 11.8 Å². The fourth-order valence-electron chi connectivity index (χ4n) is 3.58. The maximum atomic E-state index is 15.2. The molecule has 206 valence electrons. The zero-order chi connectivity index (χ0) is 28.9. The number of carbonyl (C=O) groups excluding carboxylic acids is 1. The van der Waals surface area contributed by atoms with Gasteiger partial charge in [-0.15, -0.1) is 11.3 Å². The van der Waals surface area contributed by atoms with Crippen molar-refractivity contribution < 1.29 is 30.8 Å². The number of fused-ring (bicyclic) bond motifs is 1. The third kappa shape index (κ3) is 5.48. The van der Waals surface area contributed by atoms with Crippen molar-refractivity contribution in [2.24, 2.45) is 0 Å². The number of aryl methyl sites for hydroxylation is 1. The molecule has 4 aromatic rings. The van der Waals surface area contributed by atoms with E-state index < -0.39 is 56.2 Å². The summed E-state index contributed by atoms with van der Waals surface area (Å²) in [5, 5.41) is 4.39. The monoisotopic (exact) mass is 605 g/mol. The Bertz CT molecular complexity index is 1850. The van der Waals surface area contributed by atoms with E-state index in [1.165, 1.54) is 31.2 Å². The molecule has 17 heteroatoms. The standard InChI is InChI=1S/C22H16ClF4N5O5S2/c1-9-5-16(38-18(9)23)39(36,37)31-20(34)29-11-6-13(22(25,26)27)17(14(24)7-11)32-19(33)12-4-3-10(28-2)8-15(12)30-21(32)35/h3-8,28H,1-2H3,(H,30,35)(H2,29,31,34). The fourth-order valence-corrected chi connectivity index (χ4v) is 6.20. The Hall–Kier alpha value is -3.89. The first-order valence-corrected chi connectivity index (χ1v) is 13.3. The number of alkyl halides is 3. The van der Waals surface area contributed by atoms with Crippen molar-refractivity contribution in [2.45, 2.75) is 17.3 Å². The Balaban J connectivity index is 1.77. The molecule has 0 saturated carbocycles. The van der Waals surface area contributed by atoms with Crippen LogP contribution in [0.15, 0.2) is 50.2 Å². The summed E-state index contributed by atoms with van der Waals surface area (Å²) < 4.78 is 83.4. The SMILES string of the molecule is CNc1ccc2c(=O)n(-c3c(F)cc(NC(=O)NS(=O)(=O)c4cc(C)c(Cl)s4)cc3C(F)(F)F)c(=O)[nH]c2c1. The summed E-state index contributed by atoms with van der Waals surface area (Å²) >= 11 is 6.48. The summed E-state index contributed by atoms with van der Waals surface area (Å²) in [6, 6.07) is 4.38. The maximum absolute atomic E-state index is 15.2. The number of benzene rings is 2. The molecule has 0 fully saturated rings. The largest absolute Gasteiger partial charge is 0.418 e. The second-order valence-corrected chi connectivity index (χ2v) is 11.6. The van der Waals surface area contributed by atoms with E-state index in [9.17, 15) is 36.0 Å². The third-order valence-corrected chi connectivity index (χ3v) is 8.72. The zero-order valence-corrected chi connectivity index (χ0v) is 22.0. The van der Waals surface area contributed by atoms with E-state index in [0.29, 0.717) is 28.7 Å². The Kier molecular flexibility index (Phi) is 7.22. The normalized spacial score (nSPS) is 12.0. The molecule has 4 N–H and O–H groups in total. The van der Waals surface area contributed by atoms with Crippen LogP contribution in [-0.4, -0.2) is 31.0 Å². The number of hydrogen-bond acceptors (Lipinski definition) is 7. The van der Waals surface area contributed by atoms with Gasteiger partial charge in [-0.25, -0.2) is 31.7 Å². The number of nitrogens with zero attached hydrogens (tertiary/aromatic N) is 1. The molecule has 2 heterocycles. The predicted molar refractivity (Wildman–Crippen MR) is 138 cm³/mol. The van der Waals surface area contributed by atoms with Crippen molar-refractivity contribution in [2.75, 3.05) is 17.7 Å². The number of aromatic amines is 1. The molecular formula is C22H16ClF4N5O5S2. The van der Waals surface area contributed by atoms with Gasteiger partial charge >= 0.3 is 17.9 Å². The number of anilines is 2. The van der Waals surface area contributed by atoms with Crippen LogP contribution in [0.1, 0.15) is 11.1 Å². The summed E-state index contributed by atoms with van der Waals surface area (Å²) in [5.74, 6) is -1.69. The lowest BCUT2D eigenvalue weighted by Crippen LogP contribution is -2.36. The van der Waals surface area contributed by atoms with Gasteiger partial charge in [0, 0.05) is 18.4 Å². The van der Waals surface area contributed by atoms with E-state index in [2.05, 4.69) is 10.3 Å². The first kappa shape index (κ1) is 28.1. The number of nitrogens with one attached hydrogen (secondary N) is 4. The topological polar surface area (TPSA) is 142 Å². The number of halogens is 5. The van der Waals surface area contributed by atoms with E-state index in [0.717, 1.165) is 0 Å². The average Bonchev–Trinajstić information content (AvgIpc) is 3.17. The first-order chi connectivity index (χ1) is 18.1. The van der Waals surface area contributed by atoms with Gasteiger partial charge in [0.2, 0.25) is 0 Å². The molecule has 0 aliphatic carbocycles. The summed E-state index contributed by atoms with van der Waals surface area (Å²) in [6.07, 6.45) is -5.31. The van der Waals surface area contributed by atoms with Gasteiger partial charge in [-0.1, -0.05) is 11.6 Å². The summed E-state index contributed by atoms with van der Waals surface area (Å²) in [5.41, 5.74) is -5.66. The smallest absolute Gasteiger partial charge is 0.388 e. The van der Waals surface area contributed by atoms with Crippen LogP contribution >= 0.6 is 22.9 Å². The highest BCUT2D eigenvalue weighted by Gasteiger charge is 2.37. The van der Waals surface area contributed by atoms with Crippen molar-refractivity contribution in [3.63, 3.8) is 0 Å². The second-order valence-electron chi connectivity index (χ2n) is 8.01. The van der Waals surface area contributed by atoms with Crippen LogP contribution < -0.4 is 26.6 Å². The molecule has 0 aliphatic heterocycles. The molecule has 10 nitrogen and oxygen atoms in total. The highest BCUT2D eigenvalue weighted by molar-refractivity contribution is 7.92. The molecular weight excluding hydrogens is 590 g/mol. The molecule has 2 aromatic heterocycles. The summed E-state index contributed by atoms with van der Waals surface area (Å²) in [6.45, 7) is 1.52. The van der Waals surface area contributed by atoms with E-state index in [-0.39, 0.29) is 30.1 Å². The Morgan fingerprint density at radius 2 is 1.79 bits per heavy atom. The van der Waals surface area contributed by atoms with Crippen LogP contribution in [-0.2, 0) is 16.2 Å². The van der Waals surface area contributed by atoms with Crippen LogP contribution in [0.4, 0.5) is 33.7 Å². The van der Waals surface area contributed by atoms with Crippen LogP contribution in [0, 0.1) is 12.7 Å². The van der Waals surface area contributed by atoms with Crippen LogP contribution in [0.5, 0.6) is 0 Å². The fraction of sp³-hybridized carbons (Fsp3) is 0.136. The second kappa shape index (κ2) is 10.0. The number of thiophene rings is 1. The predicted octanol–water partition coefficient (Wildman–Crippen LogP) is 4.41. The van der Waals surface area contributed by atoms with Crippen LogP contribution in [0.3, 0.4) is 0 Å². The Labute approximate surface area is 225 Å². The average molecular weight is 606 g/mol. The van der Waals surface area contributed by atoms with Gasteiger partial charge in [-0.2, -0.15) is 13.2 Å². The molecule has 0 atom stereocenters. The zero-order valence-electron chi connectivity index (χ0n) is 19.7. The van der Waals surface area contributed by atoms with Crippen molar-refractivity contribution in [1.29, 1.82) is 0 Å². The Morgan fingerprint density at radius 1 is 1.10 bits per heavy atom. The van der Waals surface area contributed by atoms with Gasteiger partial charge in [-0.05, 0) is 48.9 Å². The number of aromatic nitrogens is 2. The van der Waals surface area contributed by atoms with Gasteiger partial charge in [0.15, 0.2) is 0 Å². The number of carbonyl (C=O) groups is 1. The maximum Gasteiger partial charge on any atom is 0.418 e. The number of hydrogen-bond donors (Lipinski definition) is 4. The number of rotatable bonds is 5. The molecule has 39 heavy (non-hydrogen) atoms. The minimum Gasteiger partial charge on any atom is -0.388 e. The van der Waals surface area contributed by atoms with Gasteiger partial charge in [0.25, 0.3) is 15.6 Å². The first-order valence-electron chi connectivity index (χ1n) is 10.6. The lowest BCUT2D eigenvalue weighted by atomic mass is 10.1. The van der Waals surface area contributed by atoms with Crippen molar-refractivity contribution in [3.05, 3.63) is 78.5 Å². The minimum absolute atomic E-state index is 0.000422. The summed E-state index contributed by atoms with van der Waals surface area (Å²) in [4.78, 5) is 40.2. The van der Waals surface area contributed by atoms with Crippen LogP contribution in [0.2, 0.25) is 4.34 Å². The van der Waals surface area contributed by atoms with Crippen LogP contribution in [0.25, 0.3) is 16.6 Å². The van der Waals surface area contributed by atoms with E-state index >= 15 is 4.39 Å². The molecule has 0 aliphatic rings. The summed E-state index contributed by atoms with van der Waals surface area (Å²) in [7, 11) is -2.89. The molecule has 0 radical (unpaired) electrons. The lowest BCUT2D eigenvalue weighted by Gasteiger charge is -2.17. The number of H-pyrrole nitrogens is 1. The third-order valence-electron chi connectivity index (χ3n) is 5.36. The number of urea groups is 1. The number of sulfonamides is 1. The minimum atomic E-state index is -5.31. The van der Waals surface area contributed by atoms with Crippen molar-refractivity contribution in [3.8, 4) is 5.69 Å². The highest BCUT2D eigenvalue weighted by atomic mass is 35.5. The van der Waals surface area contributed by atoms with Gasteiger partial charge in [0.05, 0.1) is 20.8 Å². The quantitative estimate of drug-likeness (QED) is 0.248. The molecule has 0 spiro atoms. The van der Waals surface area contributed by atoms with Gasteiger partial charge in [-0.3, -0.25) is 4.79 Å². The molecule has 2 amide bonds.